The molecule has 0 saturated carbocycles. The van der Waals surface area contributed by atoms with Crippen LogP contribution in [0.5, 0.6) is 0 Å². The van der Waals surface area contributed by atoms with Crippen molar-refractivity contribution in [3.63, 3.8) is 0 Å². The highest BCUT2D eigenvalue weighted by Gasteiger charge is 2.11. The molecule has 21 heavy (non-hydrogen) atoms. The largest absolute Gasteiger partial charge is 0.310 e. The highest BCUT2D eigenvalue weighted by Crippen LogP contribution is 2.29. The fourth-order valence-electron chi connectivity index (χ4n) is 2.27. The van der Waals surface area contributed by atoms with E-state index in [1.54, 1.807) is 16.4 Å². The first-order valence-corrected chi connectivity index (χ1v) is 8.53. The number of aromatic nitrogens is 2. The minimum absolute atomic E-state index is 0.393. The number of hydrogen-bond acceptors (Lipinski definition) is 3. The van der Waals surface area contributed by atoms with Crippen LogP contribution in [0.2, 0.25) is 5.15 Å². The van der Waals surface area contributed by atoms with Crippen LogP contribution in [0.1, 0.15) is 36.7 Å². The fourth-order valence-corrected chi connectivity index (χ4v) is 3.58. The summed E-state index contributed by atoms with van der Waals surface area (Å²) in [6, 6.07) is 9.12. The van der Waals surface area contributed by atoms with Crippen LogP contribution >= 0.6 is 23.4 Å². The van der Waals surface area contributed by atoms with Crippen LogP contribution in [0, 0.1) is 6.92 Å². The van der Waals surface area contributed by atoms with E-state index in [1.165, 1.54) is 10.5 Å². The van der Waals surface area contributed by atoms with E-state index in [0.717, 1.165) is 28.7 Å². The summed E-state index contributed by atoms with van der Waals surface area (Å²) in [6.07, 6.45) is 0. The number of thioether (sulfide) groups is 1. The van der Waals surface area contributed by atoms with Crippen LogP contribution in [-0.4, -0.2) is 16.3 Å². The molecular formula is C16H22ClN3S. The Morgan fingerprint density at radius 2 is 2.00 bits per heavy atom. The third-order valence-corrected chi connectivity index (χ3v) is 5.05. The lowest BCUT2D eigenvalue weighted by Gasteiger charge is -2.13. The third-order valence-electron chi connectivity index (χ3n) is 3.54. The number of rotatable bonds is 6. The molecule has 1 unspecified atom stereocenters. The van der Waals surface area contributed by atoms with E-state index < -0.39 is 0 Å². The molecule has 1 aromatic carbocycles. The first-order valence-electron chi connectivity index (χ1n) is 7.17. The molecule has 0 aliphatic rings. The molecule has 0 saturated heterocycles. The normalized spacial score (nSPS) is 12.6. The van der Waals surface area contributed by atoms with E-state index in [4.69, 9.17) is 11.6 Å². The number of halogens is 1. The molecule has 0 aliphatic carbocycles. The molecule has 0 bridgehead atoms. The van der Waals surface area contributed by atoms with Crippen LogP contribution in [0.25, 0.3) is 0 Å². The second kappa shape index (κ2) is 7.34. The fraction of sp³-hybridized carbons (Fsp3) is 0.438. The molecule has 1 heterocycles. The summed E-state index contributed by atoms with van der Waals surface area (Å²) in [7, 11) is 1.88. The standard InChI is InChI=1S/C16H22ClN3S/c1-5-18-11(2)13-6-8-14(9-7-13)21-10-15-12(3)19-20(4)16(15)17/h6-9,11,18H,5,10H2,1-4H3. The van der Waals surface area contributed by atoms with Crippen molar-refractivity contribution in [2.45, 2.75) is 37.5 Å². The minimum Gasteiger partial charge on any atom is -0.310 e. The van der Waals surface area contributed by atoms with Crippen molar-refractivity contribution in [3.8, 4) is 0 Å². The lowest BCUT2D eigenvalue weighted by molar-refractivity contribution is 0.598. The summed E-state index contributed by atoms with van der Waals surface area (Å²) in [5, 5.41) is 8.50. The summed E-state index contributed by atoms with van der Waals surface area (Å²) in [5.74, 6) is 0.848. The van der Waals surface area contributed by atoms with Gasteiger partial charge in [-0.3, -0.25) is 4.68 Å². The van der Waals surface area contributed by atoms with Gasteiger partial charge in [0.15, 0.2) is 0 Å². The average molecular weight is 324 g/mol. The summed E-state index contributed by atoms with van der Waals surface area (Å²) < 4.78 is 1.73. The number of nitrogens with one attached hydrogen (secondary N) is 1. The Hall–Kier alpha value is -0.970. The Morgan fingerprint density at radius 3 is 2.52 bits per heavy atom. The average Bonchev–Trinajstić information content (AvgIpc) is 2.71. The van der Waals surface area contributed by atoms with Gasteiger partial charge in [-0.2, -0.15) is 5.10 Å². The van der Waals surface area contributed by atoms with Crippen molar-refractivity contribution in [1.82, 2.24) is 15.1 Å². The van der Waals surface area contributed by atoms with Gasteiger partial charge in [-0.1, -0.05) is 30.7 Å². The van der Waals surface area contributed by atoms with E-state index in [0.29, 0.717) is 6.04 Å². The molecule has 0 fully saturated rings. The maximum absolute atomic E-state index is 6.26. The van der Waals surface area contributed by atoms with Crippen molar-refractivity contribution in [3.05, 3.63) is 46.2 Å². The Morgan fingerprint density at radius 1 is 1.33 bits per heavy atom. The topological polar surface area (TPSA) is 29.9 Å². The second-order valence-corrected chi connectivity index (χ2v) is 6.52. The highest BCUT2D eigenvalue weighted by atomic mass is 35.5. The molecule has 2 aromatic rings. The zero-order valence-corrected chi connectivity index (χ0v) is 14.6. The number of hydrogen-bond donors (Lipinski definition) is 1. The lowest BCUT2D eigenvalue weighted by Crippen LogP contribution is -2.17. The van der Waals surface area contributed by atoms with Gasteiger partial charge in [0.1, 0.15) is 5.15 Å². The first kappa shape index (κ1) is 16.4. The Bertz CT molecular complexity index is 592. The van der Waals surface area contributed by atoms with Crippen LogP contribution in [0.4, 0.5) is 0 Å². The van der Waals surface area contributed by atoms with Gasteiger partial charge in [-0.15, -0.1) is 11.8 Å². The van der Waals surface area contributed by atoms with Gasteiger partial charge in [0.05, 0.1) is 5.69 Å². The minimum atomic E-state index is 0.393. The molecule has 3 nitrogen and oxygen atoms in total. The quantitative estimate of drug-likeness (QED) is 0.802. The summed E-state index contributed by atoms with van der Waals surface area (Å²) in [6.45, 7) is 7.30. The van der Waals surface area contributed by atoms with E-state index in [2.05, 4.69) is 48.5 Å². The van der Waals surface area contributed by atoms with E-state index in [-0.39, 0.29) is 0 Å². The molecule has 114 valence electrons. The lowest BCUT2D eigenvalue weighted by atomic mass is 10.1. The van der Waals surface area contributed by atoms with Crippen LogP contribution < -0.4 is 5.32 Å². The van der Waals surface area contributed by atoms with E-state index in [1.807, 2.05) is 14.0 Å². The molecule has 0 aliphatic heterocycles. The molecule has 1 aromatic heterocycles. The second-order valence-electron chi connectivity index (χ2n) is 5.12. The summed E-state index contributed by atoms with van der Waals surface area (Å²) in [4.78, 5) is 1.25. The molecule has 2 rings (SSSR count). The van der Waals surface area contributed by atoms with Gasteiger partial charge >= 0.3 is 0 Å². The number of aryl methyl sites for hydroxylation is 2. The molecule has 0 amide bonds. The maximum atomic E-state index is 6.26. The highest BCUT2D eigenvalue weighted by molar-refractivity contribution is 7.98. The molecule has 0 spiro atoms. The third kappa shape index (κ3) is 4.02. The zero-order valence-electron chi connectivity index (χ0n) is 13.0. The molecule has 0 radical (unpaired) electrons. The molecular weight excluding hydrogens is 302 g/mol. The SMILES string of the molecule is CCNC(C)c1ccc(SCc2c(C)nn(C)c2Cl)cc1. The first-order chi connectivity index (χ1) is 10.0. The van der Waals surface area contributed by atoms with Crippen LogP contribution in [0.15, 0.2) is 29.2 Å². The van der Waals surface area contributed by atoms with Gasteiger partial charge in [0.2, 0.25) is 0 Å². The molecule has 1 atom stereocenters. The Kier molecular flexibility index (Phi) is 5.73. The van der Waals surface area contributed by atoms with Gasteiger partial charge in [-0.25, -0.2) is 0 Å². The van der Waals surface area contributed by atoms with Crippen molar-refractivity contribution < 1.29 is 0 Å². The van der Waals surface area contributed by atoms with Crippen molar-refractivity contribution in [1.29, 1.82) is 0 Å². The molecule has 1 N–H and O–H groups in total. The van der Waals surface area contributed by atoms with Crippen molar-refractivity contribution in [2.75, 3.05) is 6.54 Å². The van der Waals surface area contributed by atoms with Gasteiger partial charge in [0.25, 0.3) is 0 Å². The number of nitrogens with zero attached hydrogens (tertiary/aromatic N) is 2. The van der Waals surface area contributed by atoms with Crippen LogP contribution in [-0.2, 0) is 12.8 Å². The number of benzene rings is 1. The smallest absolute Gasteiger partial charge is 0.131 e. The monoisotopic (exact) mass is 323 g/mol. The van der Waals surface area contributed by atoms with E-state index in [9.17, 15) is 0 Å². The van der Waals surface area contributed by atoms with Gasteiger partial charge in [0, 0.05) is 29.3 Å². The summed E-state index contributed by atoms with van der Waals surface area (Å²) in [5.41, 5.74) is 3.44. The van der Waals surface area contributed by atoms with Gasteiger partial charge in [-0.05, 0) is 38.1 Å². The maximum Gasteiger partial charge on any atom is 0.131 e. The van der Waals surface area contributed by atoms with Crippen molar-refractivity contribution in [2.24, 2.45) is 7.05 Å². The predicted molar refractivity (Wildman–Crippen MR) is 91.0 cm³/mol. The Balaban J connectivity index is 2.01. The van der Waals surface area contributed by atoms with Crippen LogP contribution in [0.3, 0.4) is 0 Å². The van der Waals surface area contributed by atoms with Gasteiger partial charge < -0.3 is 5.32 Å². The molecule has 5 heteroatoms. The van der Waals surface area contributed by atoms with Crippen molar-refractivity contribution >= 4 is 23.4 Å². The van der Waals surface area contributed by atoms with E-state index >= 15 is 0 Å². The summed E-state index contributed by atoms with van der Waals surface area (Å²) >= 11 is 8.05. The predicted octanol–water partition coefficient (Wildman–Crippen LogP) is 4.34. The Labute approximate surface area is 136 Å². The zero-order chi connectivity index (χ0) is 15.4.